The lowest BCUT2D eigenvalue weighted by Gasteiger charge is -2.36. The van der Waals surface area contributed by atoms with Gasteiger partial charge in [-0.2, -0.15) is 0 Å². The van der Waals surface area contributed by atoms with Crippen LogP contribution in [-0.4, -0.2) is 145 Å². The number of hydrogen-bond acceptors (Lipinski definition) is 10. The number of ether oxygens (including phenoxy) is 2. The lowest BCUT2D eigenvalue weighted by atomic mass is 9.83. The molecule has 458 valence electrons. The second-order valence-corrected chi connectivity index (χ2v) is 23.9. The zero-order valence-electron chi connectivity index (χ0n) is 52.3. The number of carbonyl (C=O) groups is 4. The maximum absolute atomic E-state index is 14.8. The molecular formula is C69H106N8O6. The van der Waals surface area contributed by atoms with Gasteiger partial charge in [0.1, 0.15) is 24.2 Å². The predicted octanol–water partition coefficient (Wildman–Crippen LogP) is 10.8. The molecule has 9 atom stereocenters. The second-order valence-electron chi connectivity index (χ2n) is 23.9. The molecule has 14 heteroatoms. The van der Waals surface area contributed by atoms with Crippen LogP contribution < -0.4 is 21.3 Å². The maximum atomic E-state index is 14.8. The van der Waals surface area contributed by atoms with E-state index in [9.17, 15) is 19.2 Å². The summed E-state index contributed by atoms with van der Waals surface area (Å²) in [5.41, 5.74) is 5.13. The van der Waals surface area contributed by atoms with Crippen LogP contribution >= 0.6 is 0 Å². The summed E-state index contributed by atoms with van der Waals surface area (Å²) >= 11 is 0. The first-order valence-electron chi connectivity index (χ1n) is 31.4. The molecule has 2 aromatic rings. The zero-order valence-corrected chi connectivity index (χ0v) is 52.3. The Morgan fingerprint density at radius 2 is 1.24 bits per heavy atom. The summed E-state index contributed by atoms with van der Waals surface area (Å²) < 4.78 is 12.8. The second kappa shape index (κ2) is 34.8. The highest BCUT2D eigenvalue weighted by Crippen LogP contribution is 2.36. The molecule has 0 spiro atoms. The highest BCUT2D eigenvalue weighted by atomic mass is 16.5. The minimum atomic E-state index is -0.910. The Morgan fingerprint density at radius 3 is 1.72 bits per heavy atom. The van der Waals surface area contributed by atoms with E-state index in [0.717, 1.165) is 103 Å². The Bertz CT molecular complexity index is 2440. The molecule has 2 saturated heterocycles. The molecule has 3 aliphatic rings. The Balaban J connectivity index is 1.19. The van der Waals surface area contributed by atoms with E-state index < -0.39 is 36.4 Å². The number of hydrogen-bond donors (Lipinski definition) is 4. The van der Waals surface area contributed by atoms with Gasteiger partial charge in [0.25, 0.3) is 0 Å². The lowest BCUT2D eigenvalue weighted by molar-refractivity contribution is -0.142. The van der Waals surface area contributed by atoms with E-state index in [4.69, 9.17) is 9.47 Å². The molecular weight excluding hydrogens is 1040 g/mol. The van der Waals surface area contributed by atoms with Gasteiger partial charge in [0, 0.05) is 62.9 Å². The Labute approximate surface area is 500 Å². The topological polar surface area (TPSA) is 148 Å². The van der Waals surface area contributed by atoms with Gasteiger partial charge in [0.05, 0.1) is 12.2 Å². The normalized spacial score (nSPS) is 20.6. The Hall–Kier alpha value is -5.80. The fourth-order valence-corrected chi connectivity index (χ4v) is 11.7. The van der Waals surface area contributed by atoms with E-state index in [0.29, 0.717) is 39.4 Å². The zero-order chi connectivity index (χ0) is 60.4. The summed E-state index contributed by atoms with van der Waals surface area (Å²) in [6.45, 7) is 30.4. The van der Waals surface area contributed by atoms with Gasteiger partial charge in [-0.25, -0.2) is 0 Å². The van der Waals surface area contributed by atoms with Crippen LogP contribution in [0.2, 0.25) is 0 Å². The van der Waals surface area contributed by atoms with Crippen molar-refractivity contribution in [3.8, 4) is 0 Å². The average molecular weight is 1140 g/mol. The quantitative estimate of drug-likeness (QED) is 0.0381. The summed E-state index contributed by atoms with van der Waals surface area (Å²) in [5, 5.41) is 12.1. The average Bonchev–Trinajstić information content (AvgIpc) is 4.40. The summed E-state index contributed by atoms with van der Waals surface area (Å²) in [6.07, 6.45) is 27.4. The minimum Gasteiger partial charge on any atom is -0.376 e. The summed E-state index contributed by atoms with van der Waals surface area (Å²) in [4.78, 5) is 65.4. The van der Waals surface area contributed by atoms with Gasteiger partial charge >= 0.3 is 0 Å². The van der Waals surface area contributed by atoms with Crippen LogP contribution in [0.25, 0.3) is 0 Å². The van der Waals surface area contributed by atoms with Crippen LogP contribution in [0.15, 0.2) is 135 Å². The predicted molar refractivity (Wildman–Crippen MR) is 339 cm³/mol. The lowest BCUT2D eigenvalue weighted by Crippen LogP contribution is -2.58. The SMILES string of the molecule is C=CC(NC)C(=O)NC(C(=O)N1CCCC1CN(C=C)C(=CC(C)(CC)CC)CCc1ccccc1)C(C)OCCCCCCOC(C)C(NC(=O)C(C=C)NC)C(=O)N1CCCC1CN1C=CCC(C)(CC)C=C1CCc1ccccc1. The van der Waals surface area contributed by atoms with E-state index in [1.807, 2.05) is 35.9 Å². The first-order chi connectivity index (χ1) is 40.0. The van der Waals surface area contributed by atoms with E-state index in [1.165, 1.54) is 28.6 Å². The smallest absolute Gasteiger partial charge is 0.248 e. The van der Waals surface area contributed by atoms with Crippen LogP contribution in [0.4, 0.5) is 0 Å². The standard InChI is InChI=1S/C69H106N8O6/c1-13-60(70-11)64(78)72-62(66(80)76-44-29-36-58(76)50-74(18-6)56(48-68(9,15-3)16-4)40-38-54-32-23-21-24-33-54)52(7)82-46-27-19-20-28-47-83-53(8)63(73-65(79)61(14-2)71-12)67(81)77-45-30-37-59(77)51-75-43-31-42-69(10,17-5)49-57(75)41-39-55-34-25-22-26-35-55/h13-14,18,21-26,31-35,43,48-49,52-53,58-63,70-71H,1-2,6,15-17,19-20,27-30,36-42,44-47,50-51H2,3-5,7-12H3,(H,72,78)(H,73,79). The Morgan fingerprint density at radius 1 is 0.735 bits per heavy atom. The first-order valence-corrected chi connectivity index (χ1v) is 31.4. The van der Waals surface area contributed by atoms with Crippen molar-refractivity contribution in [3.63, 3.8) is 0 Å². The number of nitrogens with zero attached hydrogens (tertiary/aromatic N) is 4. The molecule has 0 aliphatic carbocycles. The number of likely N-dealkylation sites (N-methyl/N-ethyl adjacent to an activating group) is 2. The van der Waals surface area contributed by atoms with Crippen molar-refractivity contribution in [2.24, 2.45) is 10.8 Å². The van der Waals surface area contributed by atoms with Gasteiger partial charge in [0.2, 0.25) is 23.6 Å². The van der Waals surface area contributed by atoms with E-state index >= 15 is 0 Å². The van der Waals surface area contributed by atoms with Gasteiger partial charge in [-0.3, -0.25) is 19.2 Å². The molecule has 9 unspecified atom stereocenters. The van der Waals surface area contributed by atoms with Crippen molar-refractivity contribution in [3.05, 3.63) is 146 Å². The number of carbonyl (C=O) groups excluding carboxylic acids is 4. The maximum Gasteiger partial charge on any atom is 0.248 e. The van der Waals surface area contributed by atoms with Crippen LogP contribution in [0.1, 0.15) is 149 Å². The third-order valence-electron chi connectivity index (χ3n) is 18.0. The number of allylic oxidation sites excluding steroid dienone is 5. The number of amides is 4. The number of likely N-dealkylation sites (tertiary alicyclic amines) is 2. The molecule has 3 heterocycles. The molecule has 3 aliphatic heterocycles. The number of unbranched alkanes of at least 4 members (excludes halogenated alkanes) is 3. The van der Waals surface area contributed by atoms with Crippen LogP contribution in [0.5, 0.6) is 0 Å². The molecule has 83 heavy (non-hydrogen) atoms. The van der Waals surface area contributed by atoms with Crippen LogP contribution in [-0.2, 0) is 41.5 Å². The number of benzene rings is 2. The van der Waals surface area contributed by atoms with E-state index in [-0.39, 0.29) is 46.5 Å². The fourth-order valence-electron chi connectivity index (χ4n) is 11.7. The number of aryl methyl sites for hydroxylation is 2. The van der Waals surface area contributed by atoms with Crippen molar-refractivity contribution < 1.29 is 28.7 Å². The fraction of sp³-hybridized carbons (Fsp3) is 0.594. The van der Waals surface area contributed by atoms with Crippen molar-refractivity contribution in [1.29, 1.82) is 0 Å². The third-order valence-corrected chi connectivity index (χ3v) is 18.0. The molecule has 14 nitrogen and oxygen atoms in total. The molecule has 2 fully saturated rings. The largest absolute Gasteiger partial charge is 0.376 e. The van der Waals surface area contributed by atoms with Crippen LogP contribution in [0.3, 0.4) is 0 Å². The number of rotatable bonds is 37. The molecule has 4 amide bonds. The van der Waals surface area contributed by atoms with Crippen molar-refractivity contribution in [2.45, 2.75) is 200 Å². The highest BCUT2D eigenvalue weighted by Gasteiger charge is 2.40. The summed E-state index contributed by atoms with van der Waals surface area (Å²) in [6, 6.07) is 17.9. The minimum absolute atomic E-state index is 0.0177. The van der Waals surface area contributed by atoms with Gasteiger partial charge in [0.15, 0.2) is 0 Å². The third kappa shape index (κ3) is 20.5. The number of nitrogens with one attached hydrogen (secondary N) is 4. The van der Waals surface area contributed by atoms with Gasteiger partial charge in [-0.15, -0.1) is 13.2 Å². The van der Waals surface area contributed by atoms with E-state index in [2.05, 4.69) is 164 Å². The molecule has 0 bridgehead atoms. The van der Waals surface area contributed by atoms with Gasteiger partial charge in [-0.1, -0.05) is 145 Å². The first kappa shape index (κ1) is 68.0. The molecule has 0 radical (unpaired) electrons. The highest BCUT2D eigenvalue weighted by molar-refractivity contribution is 5.92. The molecule has 4 N–H and O–H groups in total. The van der Waals surface area contributed by atoms with Crippen LogP contribution in [0, 0.1) is 10.8 Å². The molecule has 5 rings (SSSR count). The van der Waals surface area contributed by atoms with Crippen molar-refractivity contribution >= 4 is 23.6 Å². The monoisotopic (exact) mass is 1140 g/mol. The Kier molecular flexibility index (Phi) is 28.5. The van der Waals surface area contributed by atoms with E-state index in [1.54, 1.807) is 20.2 Å². The molecule has 2 aromatic carbocycles. The van der Waals surface area contributed by atoms with Gasteiger partial charge < -0.3 is 50.3 Å². The molecule has 0 aromatic heterocycles. The summed E-state index contributed by atoms with van der Waals surface area (Å²) in [7, 11) is 3.39. The molecule has 0 saturated carbocycles. The summed E-state index contributed by atoms with van der Waals surface area (Å²) in [5.74, 6) is -0.952. The van der Waals surface area contributed by atoms with Gasteiger partial charge in [-0.05, 0) is 152 Å². The van der Waals surface area contributed by atoms with Crippen molar-refractivity contribution in [2.75, 3.05) is 53.5 Å². The van der Waals surface area contributed by atoms with Crippen molar-refractivity contribution in [1.82, 2.24) is 40.9 Å².